The van der Waals surface area contributed by atoms with Gasteiger partial charge in [0.05, 0.1) is 10.7 Å². The van der Waals surface area contributed by atoms with Crippen LogP contribution >= 0.6 is 35.1 Å². The number of hydrogen-bond donors (Lipinski definition) is 2. The van der Waals surface area contributed by atoms with Crippen LogP contribution in [0, 0.1) is 0 Å². The van der Waals surface area contributed by atoms with E-state index < -0.39 is 10.0 Å². The van der Waals surface area contributed by atoms with Crippen LogP contribution < -0.4 is 10.5 Å². The summed E-state index contributed by atoms with van der Waals surface area (Å²) < 4.78 is 27.1. The van der Waals surface area contributed by atoms with Gasteiger partial charge in [-0.15, -0.1) is 0 Å². The Bertz CT molecular complexity index is 525. The second kappa shape index (κ2) is 6.58. The molecule has 1 aromatic carbocycles. The van der Waals surface area contributed by atoms with Gasteiger partial charge in [-0.2, -0.15) is 23.5 Å². The fourth-order valence-corrected chi connectivity index (χ4v) is 6.21. The largest absolute Gasteiger partial charge is 0.398 e. The highest BCUT2D eigenvalue weighted by Crippen LogP contribution is 2.28. The molecule has 4 nitrogen and oxygen atoms in total. The van der Waals surface area contributed by atoms with Gasteiger partial charge in [0, 0.05) is 29.1 Å². The number of sulfonamides is 1. The minimum Gasteiger partial charge on any atom is -0.398 e. The molecule has 0 bridgehead atoms. The third-order valence-electron chi connectivity index (χ3n) is 2.65. The van der Waals surface area contributed by atoms with Crippen molar-refractivity contribution < 1.29 is 8.42 Å². The summed E-state index contributed by atoms with van der Waals surface area (Å²) in [5.41, 5.74) is 5.88. The number of rotatable bonds is 4. The number of nitrogen functional groups attached to an aromatic ring is 1. The zero-order chi connectivity index (χ0) is 13.9. The van der Waals surface area contributed by atoms with Crippen molar-refractivity contribution in [3.8, 4) is 0 Å². The van der Waals surface area contributed by atoms with Crippen LogP contribution in [0.3, 0.4) is 0 Å². The lowest BCUT2D eigenvalue weighted by atomic mass is 10.3. The smallest absolute Gasteiger partial charge is 0.244 e. The molecule has 1 saturated heterocycles. The first-order valence-electron chi connectivity index (χ1n) is 5.74. The minimum atomic E-state index is -3.65. The number of anilines is 1. The van der Waals surface area contributed by atoms with Gasteiger partial charge in [0.2, 0.25) is 10.0 Å². The molecule has 1 fully saturated rings. The van der Waals surface area contributed by atoms with Gasteiger partial charge in [-0.1, -0.05) is 17.7 Å². The maximum absolute atomic E-state index is 12.2. The summed E-state index contributed by atoms with van der Waals surface area (Å²) in [6.07, 6.45) is 0. The van der Waals surface area contributed by atoms with E-state index in [0.717, 1.165) is 17.3 Å². The highest BCUT2D eigenvalue weighted by molar-refractivity contribution is 8.06. The van der Waals surface area contributed by atoms with Crippen molar-refractivity contribution in [2.75, 3.05) is 29.5 Å². The molecule has 1 aromatic rings. The molecular formula is C11H15ClN2O2S3. The lowest BCUT2D eigenvalue weighted by Crippen LogP contribution is -2.33. The normalized spacial score (nSPS) is 20.4. The highest BCUT2D eigenvalue weighted by atomic mass is 35.5. The van der Waals surface area contributed by atoms with E-state index in [1.807, 2.05) is 11.8 Å². The third-order valence-corrected chi connectivity index (χ3v) is 7.46. The van der Waals surface area contributed by atoms with Crippen LogP contribution in [-0.2, 0) is 10.0 Å². The van der Waals surface area contributed by atoms with Crippen LogP contribution in [-0.4, -0.2) is 37.5 Å². The van der Waals surface area contributed by atoms with Crippen molar-refractivity contribution in [2.45, 2.75) is 10.1 Å². The Morgan fingerprint density at radius 2 is 2.21 bits per heavy atom. The Morgan fingerprint density at radius 1 is 1.42 bits per heavy atom. The molecule has 0 aliphatic carbocycles. The summed E-state index contributed by atoms with van der Waals surface area (Å²) in [6.45, 7) is 0.407. The van der Waals surface area contributed by atoms with Gasteiger partial charge in [-0.25, -0.2) is 13.1 Å². The van der Waals surface area contributed by atoms with Gasteiger partial charge in [0.1, 0.15) is 4.90 Å². The molecule has 1 aliphatic heterocycles. The molecule has 0 radical (unpaired) electrons. The Kier molecular flexibility index (Phi) is 5.30. The lowest BCUT2D eigenvalue weighted by Gasteiger charge is -2.21. The quantitative estimate of drug-likeness (QED) is 0.822. The summed E-state index contributed by atoms with van der Waals surface area (Å²) in [6, 6.07) is 4.69. The lowest BCUT2D eigenvalue weighted by molar-refractivity contribution is 0.582. The van der Waals surface area contributed by atoms with Crippen LogP contribution in [0.4, 0.5) is 5.69 Å². The first-order valence-corrected chi connectivity index (χ1v) is 9.80. The molecule has 106 valence electrons. The molecule has 19 heavy (non-hydrogen) atoms. The summed E-state index contributed by atoms with van der Waals surface area (Å²) in [4.78, 5) is -0.0230. The Morgan fingerprint density at radius 3 is 2.84 bits per heavy atom. The molecule has 0 saturated carbocycles. The predicted molar refractivity (Wildman–Crippen MR) is 84.6 cm³/mol. The van der Waals surface area contributed by atoms with Crippen molar-refractivity contribution in [3.63, 3.8) is 0 Å². The van der Waals surface area contributed by atoms with Gasteiger partial charge in [-0.3, -0.25) is 0 Å². The van der Waals surface area contributed by atoms with Gasteiger partial charge in [-0.05, 0) is 12.1 Å². The molecule has 8 heteroatoms. The summed E-state index contributed by atoms with van der Waals surface area (Å²) in [5, 5.41) is 0.454. The predicted octanol–water partition coefficient (Wildman–Crippen LogP) is 2.05. The Balaban J connectivity index is 2.09. The van der Waals surface area contributed by atoms with E-state index in [0.29, 0.717) is 11.8 Å². The van der Waals surface area contributed by atoms with Gasteiger partial charge < -0.3 is 5.73 Å². The van der Waals surface area contributed by atoms with Crippen molar-refractivity contribution in [2.24, 2.45) is 0 Å². The van der Waals surface area contributed by atoms with Crippen LogP contribution in [0.1, 0.15) is 0 Å². The van der Waals surface area contributed by atoms with Crippen LogP contribution in [0.15, 0.2) is 23.1 Å². The van der Waals surface area contributed by atoms with Crippen molar-refractivity contribution in [1.29, 1.82) is 0 Å². The molecule has 1 atom stereocenters. The standard InChI is InChI=1S/C11H15ClN2O2S3/c12-9-2-1-3-10(13)11(9)19(15,16)14-6-8-7-17-4-5-18-8/h1-3,8,14H,4-7,13H2. The van der Waals surface area contributed by atoms with Gasteiger partial charge in [0.15, 0.2) is 0 Å². The SMILES string of the molecule is Nc1cccc(Cl)c1S(=O)(=O)NCC1CSCCS1. The van der Waals surface area contributed by atoms with Crippen molar-refractivity contribution in [3.05, 3.63) is 23.2 Å². The number of nitrogens with two attached hydrogens (primary N) is 1. The van der Waals surface area contributed by atoms with E-state index in [4.69, 9.17) is 17.3 Å². The van der Waals surface area contributed by atoms with Crippen molar-refractivity contribution in [1.82, 2.24) is 4.72 Å². The number of benzene rings is 1. The van der Waals surface area contributed by atoms with Crippen LogP contribution in [0.5, 0.6) is 0 Å². The number of hydrogen-bond acceptors (Lipinski definition) is 5. The van der Waals surface area contributed by atoms with Crippen LogP contribution in [0.2, 0.25) is 5.02 Å². The third kappa shape index (κ3) is 3.95. The molecule has 0 aromatic heterocycles. The molecule has 1 heterocycles. The van der Waals surface area contributed by atoms with E-state index in [1.165, 1.54) is 12.1 Å². The zero-order valence-electron chi connectivity index (χ0n) is 10.1. The fraction of sp³-hybridized carbons (Fsp3) is 0.455. The first kappa shape index (κ1) is 15.3. The maximum atomic E-state index is 12.2. The topological polar surface area (TPSA) is 72.2 Å². The average Bonchev–Trinajstić information content (AvgIpc) is 2.37. The second-order valence-corrected chi connectivity index (χ2v) is 8.75. The first-order chi connectivity index (χ1) is 9.00. The second-order valence-electron chi connectivity index (χ2n) is 4.08. The maximum Gasteiger partial charge on any atom is 0.244 e. The minimum absolute atomic E-state index is 0.0230. The van der Waals surface area contributed by atoms with E-state index in [1.54, 1.807) is 17.8 Å². The molecule has 3 N–H and O–H groups in total. The molecule has 0 spiro atoms. The number of thioether (sulfide) groups is 2. The average molecular weight is 339 g/mol. The molecular weight excluding hydrogens is 324 g/mol. The van der Waals surface area contributed by atoms with E-state index >= 15 is 0 Å². The van der Waals surface area contributed by atoms with Crippen LogP contribution in [0.25, 0.3) is 0 Å². The van der Waals surface area contributed by atoms with Gasteiger partial charge >= 0.3 is 0 Å². The molecule has 0 amide bonds. The highest BCUT2D eigenvalue weighted by Gasteiger charge is 2.23. The number of halogens is 1. The van der Waals surface area contributed by atoms with E-state index in [2.05, 4.69) is 4.72 Å². The van der Waals surface area contributed by atoms with E-state index in [9.17, 15) is 8.42 Å². The van der Waals surface area contributed by atoms with Gasteiger partial charge in [0.25, 0.3) is 0 Å². The molecule has 2 rings (SSSR count). The summed E-state index contributed by atoms with van der Waals surface area (Å²) >= 11 is 9.57. The Labute approximate surface area is 126 Å². The van der Waals surface area contributed by atoms with E-state index in [-0.39, 0.29) is 15.6 Å². The molecule has 1 aliphatic rings. The fourth-order valence-electron chi connectivity index (χ4n) is 1.74. The zero-order valence-corrected chi connectivity index (χ0v) is 13.3. The Hall–Kier alpha value is -0.0800. The van der Waals surface area contributed by atoms with Crippen molar-refractivity contribution >= 4 is 50.8 Å². The number of nitrogens with one attached hydrogen (secondary N) is 1. The summed E-state index contributed by atoms with van der Waals surface area (Å²) in [7, 11) is -3.65. The molecule has 1 unspecified atom stereocenters. The summed E-state index contributed by atoms with van der Waals surface area (Å²) in [5.74, 6) is 3.15. The monoisotopic (exact) mass is 338 g/mol.